The number of ether oxygens (including phenoxy) is 1. The van der Waals surface area contributed by atoms with Crippen LogP contribution in [0.5, 0.6) is 0 Å². The molecular weight excluding hydrogens is 340 g/mol. The largest absolute Gasteiger partial charge is 0.383 e. The molecule has 3 heterocycles. The van der Waals surface area contributed by atoms with Crippen molar-refractivity contribution in [2.24, 2.45) is 0 Å². The Morgan fingerprint density at radius 3 is 2.96 bits per heavy atom. The van der Waals surface area contributed by atoms with Crippen molar-refractivity contribution in [3.8, 4) is 0 Å². The second-order valence-corrected chi connectivity index (χ2v) is 6.98. The van der Waals surface area contributed by atoms with Crippen LogP contribution in [0.4, 0.5) is 0 Å². The lowest BCUT2D eigenvalue weighted by Gasteiger charge is -2.32. The maximum Gasteiger partial charge on any atom is 0.272 e. The zero-order valence-corrected chi connectivity index (χ0v) is 15.5. The quantitative estimate of drug-likeness (QED) is 0.698. The van der Waals surface area contributed by atoms with Gasteiger partial charge in [-0.15, -0.1) is 0 Å². The summed E-state index contributed by atoms with van der Waals surface area (Å²) in [5.41, 5.74) is 0.511. The predicted octanol–water partition coefficient (Wildman–Crippen LogP) is 3.10. The third-order valence-corrected chi connectivity index (χ3v) is 5.21. The lowest BCUT2D eigenvalue weighted by molar-refractivity contribution is 0.0697. The molecule has 1 fully saturated rings. The summed E-state index contributed by atoms with van der Waals surface area (Å²) >= 11 is 0. The molecule has 1 amide bonds. The lowest BCUT2D eigenvalue weighted by atomic mass is 9.96. The number of carbonyl (C=O) groups is 1. The first-order valence-corrected chi connectivity index (χ1v) is 9.40. The van der Waals surface area contributed by atoms with Crippen molar-refractivity contribution in [1.29, 1.82) is 0 Å². The zero-order valence-electron chi connectivity index (χ0n) is 15.5. The van der Waals surface area contributed by atoms with E-state index in [9.17, 15) is 4.79 Å². The molecule has 0 unspecified atom stereocenters. The van der Waals surface area contributed by atoms with Crippen molar-refractivity contribution in [3.05, 3.63) is 60.4 Å². The Morgan fingerprint density at radius 1 is 1.26 bits per heavy atom. The topological polar surface area (TPSA) is 60.2 Å². The number of benzene rings is 1. The van der Waals surface area contributed by atoms with E-state index in [0.29, 0.717) is 18.8 Å². The fourth-order valence-electron chi connectivity index (χ4n) is 3.79. The normalized spacial score (nSPS) is 17.4. The van der Waals surface area contributed by atoms with Gasteiger partial charge in [0.15, 0.2) is 0 Å². The highest BCUT2D eigenvalue weighted by molar-refractivity contribution is 5.96. The average molecular weight is 364 g/mol. The van der Waals surface area contributed by atoms with Gasteiger partial charge in [-0.05, 0) is 24.3 Å². The first-order chi connectivity index (χ1) is 13.3. The van der Waals surface area contributed by atoms with E-state index in [2.05, 4.69) is 14.5 Å². The number of rotatable bonds is 5. The molecule has 3 aromatic rings. The third kappa shape index (κ3) is 3.71. The number of carbonyl (C=O) groups excluding carboxylic acids is 1. The molecule has 2 aromatic heterocycles. The van der Waals surface area contributed by atoms with Gasteiger partial charge < -0.3 is 14.2 Å². The molecule has 27 heavy (non-hydrogen) atoms. The molecule has 0 N–H and O–H groups in total. The fraction of sp³-hybridized carbons (Fsp3) is 0.381. The zero-order chi connectivity index (χ0) is 18.6. The van der Waals surface area contributed by atoms with Crippen LogP contribution >= 0.6 is 0 Å². The van der Waals surface area contributed by atoms with Crippen LogP contribution in [0.2, 0.25) is 0 Å². The number of amides is 1. The number of methoxy groups -OCH3 is 1. The van der Waals surface area contributed by atoms with Crippen LogP contribution < -0.4 is 0 Å². The monoisotopic (exact) mass is 364 g/mol. The molecule has 1 aromatic carbocycles. The summed E-state index contributed by atoms with van der Waals surface area (Å²) < 4.78 is 7.32. The molecule has 0 bridgehead atoms. The van der Waals surface area contributed by atoms with E-state index in [1.807, 2.05) is 47.6 Å². The number of pyridine rings is 1. The summed E-state index contributed by atoms with van der Waals surface area (Å²) in [5.74, 6) is 1.28. The minimum absolute atomic E-state index is 0.000417. The summed E-state index contributed by atoms with van der Waals surface area (Å²) in [6.07, 6.45) is 7.61. The number of aromatic nitrogens is 3. The van der Waals surface area contributed by atoms with Crippen molar-refractivity contribution in [3.63, 3.8) is 0 Å². The van der Waals surface area contributed by atoms with E-state index in [1.54, 1.807) is 13.3 Å². The number of hydrogen-bond acceptors (Lipinski definition) is 4. The first kappa shape index (κ1) is 17.7. The molecule has 140 valence electrons. The van der Waals surface area contributed by atoms with E-state index in [4.69, 9.17) is 4.74 Å². The van der Waals surface area contributed by atoms with E-state index in [0.717, 1.165) is 42.5 Å². The van der Waals surface area contributed by atoms with Crippen molar-refractivity contribution in [2.45, 2.75) is 25.3 Å². The second-order valence-electron chi connectivity index (χ2n) is 6.98. The van der Waals surface area contributed by atoms with Gasteiger partial charge >= 0.3 is 0 Å². The summed E-state index contributed by atoms with van der Waals surface area (Å²) in [4.78, 5) is 23.9. The van der Waals surface area contributed by atoms with Gasteiger partial charge in [0.05, 0.1) is 6.61 Å². The van der Waals surface area contributed by atoms with Crippen molar-refractivity contribution in [2.75, 3.05) is 26.8 Å². The molecule has 1 aliphatic heterocycles. The fourth-order valence-corrected chi connectivity index (χ4v) is 3.79. The van der Waals surface area contributed by atoms with Gasteiger partial charge in [0.2, 0.25) is 0 Å². The van der Waals surface area contributed by atoms with Crippen LogP contribution in [0.1, 0.15) is 35.1 Å². The highest BCUT2D eigenvalue weighted by Crippen LogP contribution is 2.27. The average Bonchev–Trinajstić information content (AvgIpc) is 3.20. The SMILES string of the molecule is COCCn1ccnc1[C@@H]1CCCN(C(=O)c2cc3ccccc3cn2)C1. The Balaban J connectivity index is 1.52. The summed E-state index contributed by atoms with van der Waals surface area (Å²) in [6, 6.07) is 9.87. The number of imidazole rings is 1. The molecule has 6 nitrogen and oxygen atoms in total. The molecule has 1 aliphatic rings. The van der Waals surface area contributed by atoms with E-state index in [-0.39, 0.29) is 11.8 Å². The lowest BCUT2D eigenvalue weighted by Crippen LogP contribution is -2.40. The van der Waals surface area contributed by atoms with Crippen LogP contribution in [-0.2, 0) is 11.3 Å². The van der Waals surface area contributed by atoms with Crippen LogP contribution in [0, 0.1) is 0 Å². The maximum atomic E-state index is 13.0. The molecular formula is C21H24N4O2. The van der Waals surface area contributed by atoms with Gasteiger partial charge in [0.1, 0.15) is 11.5 Å². The Kier molecular flexibility index (Phi) is 5.16. The molecule has 4 rings (SSSR count). The van der Waals surface area contributed by atoms with Crippen molar-refractivity contribution in [1.82, 2.24) is 19.4 Å². The molecule has 0 spiro atoms. The predicted molar refractivity (Wildman–Crippen MR) is 104 cm³/mol. The Bertz CT molecular complexity index is 937. The van der Waals surface area contributed by atoms with Gasteiger partial charge in [-0.2, -0.15) is 0 Å². The summed E-state index contributed by atoms with van der Waals surface area (Å²) in [6.45, 7) is 2.88. The number of likely N-dealkylation sites (tertiary alicyclic amines) is 1. The Morgan fingerprint density at radius 2 is 2.11 bits per heavy atom. The molecule has 0 saturated carbocycles. The van der Waals surface area contributed by atoms with Crippen LogP contribution in [0.15, 0.2) is 48.9 Å². The van der Waals surface area contributed by atoms with Gasteiger partial charge in [0, 0.05) is 56.6 Å². The van der Waals surface area contributed by atoms with E-state index < -0.39 is 0 Å². The molecule has 0 radical (unpaired) electrons. The van der Waals surface area contributed by atoms with Gasteiger partial charge in [-0.3, -0.25) is 9.78 Å². The molecule has 6 heteroatoms. The number of piperidine rings is 1. The molecule has 1 atom stereocenters. The number of nitrogens with zero attached hydrogens (tertiary/aromatic N) is 4. The van der Waals surface area contributed by atoms with E-state index in [1.165, 1.54) is 0 Å². The minimum Gasteiger partial charge on any atom is -0.383 e. The number of hydrogen-bond donors (Lipinski definition) is 0. The smallest absolute Gasteiger partial charge is 0.272 e. The highest BCUT2D eigenvalue weighted by atomic mass is 16.5. The third-order valence-electron chi connectivity index (χ3n) is 5.21. The Hall–Kier alpha value is -2.73. The van der Waals surface area contributed by atoms with Crippen LogP contribution in [0.3, 0.4) is 0 Å². The maximum absolute atomic E-state index is 13.0. The Labute approximate surface area is 158 Å². The molecule has 1 saturated heterocycles. The minimum atomic E-state index is 0.000417. The second kappa shape index (κ2) is 7.88. The van der Waals surface area contributed by atoms with Crippen LogP contribution in [0.25, 0.3) is 10.8 Å². The standard InChI is InChI=1S/C21H24N4O2/c1-27-12-11-24-10-8-22-20(24)18-7-4-9-25(15-18)21(26)19-13-16-5-2-3-6-17(16)14-23-19/h2-3,5-6,8,10,13-14,18H,4,7,9,11-12,15H2,1H3/t18-/m1/s1. The van der Waals surface area contributed by atoms with Gasteiger partial charge in [-0.25, -0.2) is 4.98 Å². The van der Waals surface area contributed by atoms with Crippen molar-refractivity contribution < 1.29 is 9.53 Å². The first-order valence-electron chi connectivity index (χ1n) is 9.40. The van der Waals surface area contributed by atoms with Gasteiger partial charge in [-0.1, -0.05) is 24.3 Å². The summed E-state index contributed by atoms with van der Waals surface area (Å²) in [7, 11) is 1.70. The van der Waals surface area contributed by atoms with E-state index >= 15 is 0 Å². The molecule has 0 aliphatic carbocycles. The summed E-state index contributed by atoms with van der Waals surface area (Å²) in [5, 5.41) is 2.09. The van der Waals surface area contributed by atoms with Gasteiger partial charge in [0.25, 0.3) is 5.91 Å². The van der Waals surface area contributed by atoms with Crippen LogP contribution in [-0.4, -0.2) is 52.1 Å². The van der Waals surface area contributed by atoms with Crippen molar-refractivity contribution >= 4 is 16.7 Å². The highest BCUT2D eigenvalue weighted by Gasteiger charge is 2.28. The number of fused-ring (bicyclic) bond motifs is 1.